The predicted molar refractivity (Wildman–Crippen MR) is 144 cm³/mol. The Morgan fingerprint density at radius 1 is 0.500 bits per heavy atom. The number of rotatable bonds is 24. The lowest BCUT2D eigenvalue weighted by atomic mass is 10.4. The first-order valence-corrected chi connectivity index (χ1v) is 12.0. The number of nitrogens with zero attached hydrogens (tertiary/aromatic N) is 2. The molecule has 14 heteroatoms. The number of ether oxygens (including phenoxy) is 4. The molecule has 38 heavy (non-hydrogen) atoms. The van der Waals surface area contributed by atoms with Crippen LogP contribution < -0.4 is 0 Å². The van der Waals surface area contributed by atoms with Crippen LogP contribution in [0.4, 0.5) is 0 Å². The molecule has 0 heterocycles. The normalized spacial score (nSPS) is 12.1. The first kappa shape index (κ1) is 44.5. The lowest BCUT2D eigenvalue weighted by Gasteiger charge is -2.20. The molecule has 0 saturated carbocycles. The molecule has 0 rings (SSSR count). The molecule has 0 aromatic heterocycles. The Kier molecular flexibility index (Phi) is 38.2. The number of hydrogen-bond acceptors (Lipinski definition) is 14. The molecular weight excluding hydrogens is 508 g/mol. The fourth-order valence-corrected chi connectivity index (χ4v) is 2.33. The third kappa shape index (κ3) is 28.4. The van der Waals surface area contributed by atoms with Crippen LogP contribution in [0, 0.1) is 0 Å². The van der Waals surface area contributed by atoms with Gasteiger partial charge in [-0.2, -0.15) is 0 Å². The summed E-state index contributed by atoms with van der Waals surface area (Å²) in [6.07, 6.45) is -2.39. The van der Waals surface area contributed by atoms with Gasteiger partial charge in [-0.15, -0.1) is 0 Å². The molecule has 0 bridgehead atoms. The van der Waals surface area contributed by atoms with Crippen LogP contribution in [0.25, 0.3) is 0 Å². The van der Waals surface area contributed by atoms with Gasteiger partial charge in [-0.3, -0.25) is 0 Å². The smallest absolute Gasteiger partial charge is 0.104 e. The highest BCUT2D eigenvalue weighted by Crippen LogP contribution is 1.94. The van der Waals surface area contributed by atoms with E-state index in [9.17, 15) is 0 Å². The van der Waals surface area contributed by atoms with Gasteiger partial charge in [0.2, 0.25) is 0 Å². The second-order valence-electron chi connectivity index (χ2n) is 8.09. The molecule has 0 aromatic rings. The summed E-state index contributed by atoms with van der Waals surface area (Å²) in [5.74, 6) is 0. The largest absolute Gasteiger partial charge is 0.394 e. The maximum atomic E-state index is 9.02. The summed E-state index contributed by atoms with van der Waals surface area (Å²) in [5.41, 5.74) is 0. The van der Waals surface area contributed by atoms with Crippen LogP contribution in [0.5, 0.6) is 0 Å². The second kappa shape index (κ2) is 32.7. The number of hydrogen-bond donors (Lipinski definition) is 8. The first-order chi connectivity index (χ1) is 17.3. The van der Waals surface area contributed by atoms with E-state index in [1.807, 2.05) is 23.9 Å². The predicted octanol–water partition coefficient (Wildman–Crippen LogP) is -3.41. The van der Waals surface area contributed by atoms with Crippen LogP contribution in [0.3, 0.4) is 0 Å². The van der Waals surface area contributed by atoms with Crippen LogP contribution >= 0.6 is 0 Å². The van der Waals surface area contributed by atoms with Gasteiger partial charge in [-0.05, 0) is 14.1 Å². The van der Waals surface area contributed by atoms with E-state index in [0.717, 1.165) is 0 Å². The minimum absolute atomic E-state index is 0. The minimum Gasteiger partial charge on any atom is -0.394 e. The van der Waals surface area contributed by atoms with Gasteiger partial charge in [0.1, 0.15) is 24.4 Å². The molecule has 0 saturated heterocycles. The van der Waals surface area contributed by atoms with E-state index in [0.29, 0.717) is 52.6 Å². The van der Waals surface area contributed by atoms with Crippen molar-refractivity contribution in [2.45, 2.75) is 39.3 Å². The van der Waals surface area contributed by atoms with Crippen LogP contribution in [0.15, 0.2) is 0 Å². The third-order valence-electron chi connectivity index (χ3n) is 4.84. The second-order valence-corrected chi connectivity index (χ2v) is 8.09. The van der Waals surface area contributed by atoms with E-state index < -0.39 is 24.4 Å². The molecule has 0 aliphatic heterocycles. The van der Waals surface area contributed by atoms with Crippen molar-refractivity contribution in [1.82, 2.24) is 9.80 Å². The Morgan fingerprint density at radius 2 is 0.789 bits per heavy atom. The van der Waals surface area contributed by atoms with Crippen molar-refractivity contribution in [3.8, 4) is 0 Å². The van der Waals surface area contributed by atoms with Gasteiger partial charge in [0.15, 0.2) is 0 Å². The maximum absolute atomic E-state index is 9.02. The zero-order valence-electron chi connectivity index (χ0n) is 21.7. The molecule has 0 fully saturated rings. The molecule has 0 amide bonds. The average Bonchev–Trinajstić information content (AvgIpc) is 2.89. The van der Waals surface area contributed by atoms with Gasteiger partial charge in [0.25, 0.3) is 0 Å². The van der Waals surface area contributed by atoms with Crippen LogP contribution in [0.1, 0.15) is 14.9 Å². The molecular formula is C24H58N2O12. The molecule has 14 nitrogen and oxygen atoms in total. The quantitative estimate of drug-likeness (QED) is 0.0536. The number of likely N-dealkylation sites (N-methyl/N-ethyl adjacent to an activating group) is 2. The lowest BCUT2D eigenvalue weighted by Crippen LogP contribution is -2.32. The van der Waals surface area contributed by atoms with E-state index >= 15 is 0 Å². The van der Waals surface area contributed by atoms with Crippen molar-refractivity contribution < 1.29 is 59.8 Å². The van der Waals surface area contributed by atoms with E-state index in [1.165, 1.54) is 0 Å². The molecule has 8 N–H and O–H groups in total. The Labute approximate surface area is 228 Å². The topological polar surface area (TPSA) is 205 Å². The fourth-order valence-electron chi connectivity index (χ4n) is 2.33. The standard InChI is InChI=1S/2C11H25NO6.2CH4/c1-12(2-4-17-9-10(16)6-13)3-5-18-11(7-14)8-15;1-12(2-4-17-10(6-13)7-14)3-5-18-11(8-15)9-16;;/h2*10-11,13-16H,2-9H2,1H3;2*1H4. The molecule has 0 radical (unpaired) electrons. The molecule has 0 aliphatic rings. The van der Waals surface area contributed by atoms with E-state index in [-0.39, 0.29) is 67.7 Å². The summed E-state index contributed by atoms with van der Waals surface area (Å²) in [7, 11) is 3.77. The highest BCUT2D eigenvalue weighted by Gasteiger charge is 2.09. The fraction of sp³-hybridized carbons (Fsp3) is 1.00. The molecule has 1 unspecified atom stereocenters. The SMILES string of the molecule is C.C.CN(CCOC(CO)CO)CCOC(CO)CO.CN(CCOCC(O)CO)CCOC(CO)CO. The number of aliphatic hydroxyl groups is 8. The monoisotopic (exact) mass is 566 g/mol. The molecule has 0 aliphatic carbocycles. The van der Waals surface area contributed by atoms with E-state index in [2.05, 4.69) is 0 Å². The number of aliphatic hydroxyl groups excluding tert-OH is 8. The summed E-state index contributed by atoms with van der Waals surface area (Å²) in [6, 6.07) is 0. The molecule has 236 valence electrons. The van der Waals surface area contributed by atoms with Crippen molar-refractivity contribution in [2.24, 2.45) is 0 Å². The summed E-state index contributed by atoms with van der Waals surface area (Å²) in [4.78, 5) is 3.93. The summed E-state index contributed by atoms with van der Waals surface area (Å²) in [5, 5.41) is 70.3. The third-order valence-corrected chi connectivity index (χ3v) is 4.84. The van der Waals surface area contributed by atoms with Gasteiger partial charge in [-0.1, -0.05) is 14.9 Å². The van der Waals surface area contributed by atoms with Crippen molar-refractivity contribution >= 4 is 0 Å². The Hall–Kier alpha value is -0.560. The van der Waals surface area contributed by atoms with Crippen LogP contribution in [-0.4, -0.2) is 195 Å². The lowest BCUT2D eigenvalue weighted by molar-refractivity contribution is -0.0367. The van der Waals surface area contributed by atoms with Crippen LogP contribution in [-0.2, 0) is 18.9 Å². The van der Waals surface area contributed by atoms with Gasteiger partial charge >= 0.3 is 0 Å². The zero-order valence-corrected chi connectivity index (χ0v) is 21.7. The van der Waals surface area contributed by atoms with Crippen molar-refractivity contribution in [3.05, 3.63) is 0 Å². The maximum Gasteiger partial charge on any atom is 0.104 e. The minimum atomic E-state index is -0.825. The van der Waals surface area contributed by atoms with Gasteiger partial charge in [0.05, 0.1) is 79.3 Å². The molecule has 0 aromatic carbocycles. The molecule has 1 atom stereocenters. The van der Waals surface area contributed by atoms with Gasteiger partial charge in [0, 0.05) is 26.2 Å². The summed E-state index contributed by atoms with van der Waals surface area (Å²) >= 11 is 0. The Balaban J connectivity index is -0.000000289. The zero-order chi connectivity index (χ0) is 27.6. The first-order valence-electron chi connectivity index (χ1n) is 12.0. The van der Waals surface area contributed by atoms with Gasteiger partial charge < -0.3 is 69.6 Å². The highest BCUT2D eigenvalue weighted by molar-refractivity contribution is 4.57. The average molecular weight is 567 g/mol. The highest BCUT2D eigenvalue weighted by atomic mass is 16.5. The molecule has 0 spiro atoms. The summed E-state index contributed by atoms with van der Waals surface area (Å²) < 4.78 is 20.8. The van der Waals surface area contributed by atoms with E-state index in [1.54, 1.807) is 0 Å². The van der Waals surface area contributed by atoms with Crippen LogP contribution in [0.2, 0.25) is 0 Å². The van der Waals surface area contributed by atoms with Gasteiger partial charge in [-0.25, -0.2) is 0 Å². The Morgan fingerprint density at radius 3 is 1.05 bits per heavy atom. The van der Waals surface area contributed by atoms with Crippen molar-refractivity contribution in [3.63, 3.8) is 0 Å². The Bertz CT molecular complexity index is 413. The summed E-state index contributed by atoms with van der Waals surface area (Å²) in [6.45, 7) is 2.95. The van der Waals surface area contributed by atoms with Crippen molar-refractivity contribution in [2.75, 3.05) is 120 Å². The van der Waals surface area contributed by atoms with Crippen molar-refractivity contribution in [1.29, 1.82) is 0 Å². The van der Waals surface area contributed by atoms with E-state index in [4.69, 9.17) is 59.8 Å².